The number of carbonyl (C=O) groups excluding carboxylic acids is 1. The molecule has 0 radical (unpaired) electrons. The predicted molar refractivity (Wildman–Crippen MR) is 117 cm³/mol. The molecule has 6 nitrogen and oxygen atoms in total. The number of fused-ring (bicyclic) bond motifs is 1. The van der Waals surface area contributed by atoms with E-state index in [4.69, 9.17) is 9.40 Å². The summed E-state index contributed by atoms with van der Waals surface area (Å²) < 4.78 is 5.86. The second-order valence-electron chi connectivity index (χ2n) is 7.44. The molecule has 0 bridgehead atoms. The number of furan rings is 1. The highest BCUT2D eigenvalue weighted by atomic mass is 16.3. The van der Waals surface area contributed by atoms with Gasteiger partial charge in [0, 0.05) is 48.9 Å². The Balaban J connectivity index is 1.31. The van der Waals surface area contributed by atoms with Gasteiger partial charge in [-0.25, -0.2) is 9.97 Å². The Hall–Kier alpha value is -3.67. The van der Waals surface area contributed by atoms with E-state index in [1.807, 2.05) is 72.5 Å². The number of hydrogen-bond acceptors (Lipinski definition) is 5. The Morgan fingerprint density at radius 1 is 0.933 bits per heavy atom. The van der Waals surface area contributed by atoms with Crippen molar-refractivity contribution in [1.82, 2.24) is 14.9 Å². The van der Waals surface area contributed by atoms with Crippen molar-refractivity contribution in [3.05, 3.63) is 78.2 Å². The summed E-state index contributed by atoms with van der Waals surface area (Å²) in [6.07, 6.45) is 1.79. The first kappa shape index (κ1) is 18.4. The van der Waals surface area contributed by atoms with Crippen LogP contribution in [-0.4, -0.2) is 47.0 Å². The van der Waals surface area contributed by atoms with Crippen molar-refractivity contribution >= 4 is 22.7 Å². The molecule has 5 rings (SSSR count). The molecule has 2 aromatic heterocycles. The van der Waals surface area contributed by atoms with E-state index >= 15 is 0 Å². The summed E-state index contributed by atoms with van der Waals surface area (Å²) >= 11 is 0. The number of para-hydroxylation sites is 1. The van der Waals surface area contributed by atoms with Crippen LogP contribution in [0.4, 0.5) is 5.82 Å². The summed E-state index contributed by atoms with van der Waals surface area (Å²) in [5.41, 5.74) is 2.65. The third-order valence-electron chi connectivity index (χ3n) is 5.60. The largest absolute Gasteiger partial charge is 0.451 e. The van der Waals surface area contributed by atoms with Crippen LogP contribution in [0.1, 0.15) is 16.1 Å². The van der Waals surface area contributed by atoms with Gasteiger partial charge in [-0.2, -0.15) is 0 Å². The van der Waals surface area contributed by atoms with Crippen LogP contribution in [0, 0.1) is 6.92 Å². The van der Waals surface area contributed by atoms with Crippen molar-refractivity contribution in [2.45, 2.75) is 6.92 Å². The third kappa shape index (κ3) is 3.30. The average molecular weight is 398 g/mol. The van der Waals surface area contributed by atoms with Gasteiger partial charge in [0.1, 0.15) is 11.4 Å². The number of amides is 1. The molecule has 30 heavy (non-hydrogen) atoms. The van der Waals surface area contributed by atoms with Crippen LogP contribution in [-0.2, 0) is 0 Å². The monoisotopic (exact) mass is 398 g/mol. The number of anilines is 1. The predicted octanol–water partition coefficient (Wildman–Crippen LogP) is 4.16. The maximum absolute atomic E-state index is 13.1. The van der Waals surface area contributed by atoms with Gasteiger partial charge in [-0.15, -0.1) is 0 Å². The number of piperazine rings is 1. The van der Waals surface area contributed by atoms with E-state index in [9.17, 15) is 4.79 Å². The molecule has 2 aromatic carbocycles. The number of carbonyl (C=O) groups is 1. The molecule has 3 heterocycles. The van der Waals surface area contributed by atoms with Gasteiger partial charge >= 0.3 is 0 Å². The summed E-state index contributed by atoms with van der Waals surface area (Å²) in [5, 5.41) is 0.994. The van der Waals surface area contributed by atoms with E-state index in [0.29, 0.717) is 24.7 Å². The number of aryl methyl sites for hydroxylation is 1. The van der Waals surface area contributed by atoms with Crippen LogP contribution in [0.5, 0.6) is 0 Å². The molecule has 0 spiro atoms. The van der Waals surface area contributed by atoms with E-state index in [1.54, 1.807) is 6.20 Å². The van der Waals surface area contributed by atoms with Crippen LogP contribution in [0.25, 0.3) is 22.4 Å². The van der Waals surface area contributed by atoms with E-state index in [2.05, 4.69) is 9.88 Å². The first-order chi connectivity index (χ1) is 14.7. The molecule has 0 atom stereocenters. The second kappa shape index (κ2) is 7.63. The van der Waals surface area contributed by atoms with Gasteiger partial charge in [-0.3, -0.25) is 4.79 Å². The Labute approximate surface area is 174 Å². The summed E-state index contributed by atoms with van der Waals surface area (Å²) in [4.78, 5) is 26.3. The highest BCUT2D eigenvalue weighted by Crippen LogP contribution is 2.26. The van der Waals surface area contributed by atoms with Crippen molar-refractivity contribution < 1.29 is 9.21 Å². The lowest BCUT2D eigenvalue weighted by Gasteiger charge is -2.35. The molecule has 0 saturated carbocycles. The van der Waals surface area contributed by atoms with E-state index in [1.165, 1.54) is 0 Å². The zero-order valence-corrected chi connectivity index (χ0v) is 16.8. The summed E-state index contributed by atoms with van der Waals surface area (Å²) in [6, 6.07) is 19.6. The molecule has 1 aliphatic heterocycles. The molecule has 1 aliphatic rings. The Bertz CT molecular complexity index is 1190. The van der Waals surface area contributed by atoms with Crippen LogP contribution in [0.3, 0.4) is 0 Å². The Morgan fingerprint density at radius 3 is 2.43 bits per heavy atom. The molecule has 1 saturated heterocycles. The number of hydrogen-bond donors (Lipinski definition) is 0. The topological polar surface area (TPSA) is 62.5 Å². The van der Waals surface area contributed by atoms with Crippen molar-refractivity contribution in [2.75, 3.05) is 31.1 Å². The number of rotatable bonds is 3. The zero-order chi connectivity index (χ0) is 20.5. The molecule has 150 valence electrons. The van der Waals surface area contributed by atoms with Gasteiger partial charge in [-0.1, -0.05) is 48.5 Å². The second-order valence-corrected chi connectivity index (χ2v) is 7.44. The van der Waals surface area contributed by atoms with Crippen molar-refractivity contribution in [3.8, 4) is 11.4 Å². The molecule has 4 aromatic rings. The lowest BCUT2D eigenvalue weighted by molar-refractivity contribution is 0.0716. The van der Waals surface area contributed by atoms with E-state index in [0.717, 1.165) is 41.0 Å². The van der Waals surface area contributed by atoms with Crippen LogP contribution in [0.15, 0.2) is 71.3 Å². The van der Waals surface area contributed by atoms with Crippen LogP contribution < -0.4 is 4.90 Å². The van der Waals surface area contributed by atoms with Gasteiger partial charge in [0.15, 0.2) is 11.6 Å². The lowest BCUT2D eigenvalue weighted by Crippen LogP contribution is -2.49. The molecular weight excluding hydrogens is 376 g/mol. The minimum absolute atomic E-state index is 0.0454. The van der Waals surface area contributed by atoms with Crippen LogP contribution >= 0.6 is 0 Å². The first-order valence-electron chi connectivity index (χ1n) is 10.1. The third-order valence-corrected chi connectivity index (χ3v) is 5.60. The normalized spacial score (nSPS) is 14.3. The molecule has 6 heteroatoms. The van der Waals surface area contributed by atoms with E-state index in [-0.39, 0.29) is 5.91 Å². The highest BCUT2D eigenvalue weighted by molar-refractivity contribution is 5.99. The smallest absolute Gasteiger partial charge is 0.290 e. The van der Waals surface area contributed by atoms with Gasteiger partial charge in [0.05, 0.1) is 0 Å². The summed E-state index contributed by atoms with van der Waals surface area (Å²) in [7, 11) is 0. The lowest BCUT2D eigenvalue weighted by atomic mass is 10.1. The molecule has 1 amide bonds. The maximum Gasteiger partial charge on any atom is 0.290 e. The summed E-state index contributed by atoms with van der Waals surface area (Å²) in [6.45, 7) is 4.63. The average Bonchev–Trinajstić information content (AvgIpc) is 3.16. The maximum atomic E-state index is 13.1. The zero-order valence-electron chi connectivity index (χ0n) is 16.8. The van der Waals surface area contributed by atoms with Crippen molar-refractivity contribution in [2.24, 2.45) is 0 Å². The minimum atomic E-state index is -0.0454. The fourth-order valence-corrected chi connectivity index (χ4v) is 3.91. The number of nitrogens with zero attached hydrogens (tertiary/aromatic N) is 4. The number of aromatic nitrogens is 2. The minimum Gasteiger partial charge on any atom is -0.451 e. The molecule has 1 fully saturated rings. The highest BCUT2D eigenvalue weighted by Gasteiger charge is 2.27. The van der Waals surface area contributed by atoms with E-state index < -0.39 is 0 Å². The molecule has 0 aliphatic carbocycles. The quantitative estimate of drug-likeness (QED) is 0.519. The van der Waals surface area contributed by atoms with Crippen molar-refractivity contribution in [1.29, 1.82) is 0 Å². The standard InChI is InChI=1S/C24H22N4O2/c1-17-19-9-5-6-10-20(19)30-22(17)24(29)28-15-13-27(14-16-28)21-11-12-25-23(26-21)18-7-3-2-4-8-18/h2-12H,13-16H2,1H3. The van der Waals surface area contributed by atoms with Gasteiger partial charge in [0.25, 0.3) is 5.91 Å². The molecular formula is C24H22N4O2. The molecule has 0 unspecified atom stereocenters. The molecule has 0 N–H and O–H groups in total. The van der Waals surface area contributed by atoms with Crippen LogP contribution in [0.2, 0.25) is 0 Å². The number of benzene rings is 2. The van der Waals surface area contributed by atoms with Gasteiger partial charge in [-0.05, 0) is 19.1 Å². The van der Waals surface area contributed by atoms with Gasteiger partial charge < -0.3 is 14.2 Å². The Morgan fingerprint density at radius 2 is 1.67 bits per heavy atom. The fraction of sp³-hybridized carbons (Fsp3) is 0.208. The Kier molecular flexibility index (Phi) is 4.67. The fourth-order valence-electron chi connectivity index (χ4n) is 3.91. The van der Waals surface area contributed by atoms with Gasteiger partial charge in [0.2, 0.25) is 0 Å². The van der Waals surface area contributed by atoms with Crippen molar-refractivity contribution in [3.63, 3.8) is 0 Å². The SMILES string of the molecule is Cc1c(C(=O)N2CCN(c3ccnc(-c4ccccc4)n3)CC2)oc2ccccc12. The summed E-state index contributed by atoms with van der Waals surface area (Å²) in [5.74, 6) is 1.99. The first-order valence-corrected chi connectivity index (χ1v) is 10.1.